The van der Waals surface area contributed by atoms with Gasteiger partial charge in [-0.1, -0.05) is 81.4 Å². The Kier molecular flexibility index (Phi) is 9.51. The van der Waals surface area contributed by atoms with Crippen LogP contribution in [0.3, 0.4) is 0 Å². The Balaban J connectivity index is 1.52. The molecule has 2 heterocycles. The fourth-order valence-electron chi connectivity index (χ4n) is 4.74. The highest BCUT2D eigenvalue weighted by molar-refractivity contribution is 6.74. The van der Waals surface area contributed by atoms with Crippen LogP contribution >= 0.6 is 0 Å². The molecule has 0 amide bonds. The third kappa shape index (κ3) is 7.54. The summed E-state index contributed by atoms with van der Waals surface area (Å²) in [5, 5.41) is 9.88. The molecule has 2 aliphatic rings. The van der Waals surface area contributed by atoms with Gasteiger partial charge in [0.2, 0.25) is 0 Å². The molecule has 0 spiro atoms. The van der Waals surface area contributed by atoms with E-state index in [0.29, 0.717) is 32.7 Å². The minimum Gasteiger partial charge on any atom is -0.409 e. The van der Waals surface area contributed by atoms with Crippen LogP contribution in [0.15, 0.2) is 60.7 Å². The Morgan fingerprint density at radius 2 is 1.58 bits per heavy atom. The molecule has 6 atom stereocenters. The second-order valence-electron chi connectivity index (χ2n) is 12.5. The first kappa shape index (κ1) is 29.4. The molecule has 4 rings (SSSR count). The van der Waals surface area contributed by atoms with E-state index in [1.807, 2.05) is 43.3 Å². The molecule has 1 N–H and O–H groups in total. The quantitative estimate of drug-likeness (QED) is 0.267. The van der Waals surface area contributed by atoms with Gasteiger partial charge in [0.05, 0.1) is 56.9 Å². The smallest absolute Gasteiger partial charge is 0.192 e. The Labute approximate surface area is 229 Å². The van der Waals surface area contributed by atoms with E-state index in [9.17, 15) is 5.11 Å². The highest BCUT2D eigenvalue weighted by Crippen LogP contribution is 2.44. The van der Waals surface area contributed by atoms with E-state index in [1.54, 1.807) is 0 Å². The lowest BCUT2D eigenvalue weighted by atomic mass is 9.92. The van der Waals surface area contributed by atoms with Crippen molar-refractivity contribution in [1.29, 1.82) is 0 Å². The third-order valence-electron chi connectivity index (χ3n) is 8.35. The van der Waals surface area contributed by atoms with Crippen molar-refractivity contribution in [1.82, 2.24) is 0 Å². The minimum atomic E-state index is -2.13. The molecule has 38 heavy (non-hydrogen) atoms. The number of aliphatic hydroxyl groups excluding tert-OH is 1. The second-order valence-corrected chi connectivity index (χ2v) is 17.3. The van der Waals surface area contributed by atoms with Crippen LogP contribution in [0.5, 0.6) is 0 Å². The van der Waals surface area contributed by atoms with Crippen molar-refractivity contribution in [3.05, 3.63) is 71.8 Å². The summed E-state index contributed by atoms with van der Waals surface area (Å²) in [6.07, 6.45) is 0.563. The van der Waals surface area contributed by atoms with E-state index in [-0.39, 0.29) is 42.2 Å². The topological polar surface area (TPSA) is 69.7 Å². The molecule has 0 saturated carbocycles. The summed E-state index contributed by atoms with van der Waals surface area (Å²) in [4.78, 5) is 0. The van der Waals surface area contributed by atoms with Crippen LogP contribution in [0.25, 0.3) is 0 Å². The number of aliphatic hydroxyl groups is 1. The average molecular weight is 543 g/mol. The number of rotatable bonds is 12. The van der Waals surface area contributed by atoms with Crippen molar-refractivity contribution >= 4 is 8.32 Å². The Hall–Kier alpha value is -1.58. The first-order valence-corrected chi connectivity index (χ1v) is 16.8. The predicted octanol–water partition coefficient (Wildman–Crippen LogP) is 5.88. The monoisotopic (exact) mass is 542 g/mol. The zero-order chi connectivity index (χ0) is 27.4. The molecule has 0 aliphatic carbocycles. The van der Waals surface area contributed by atoms with Crippen LogP contribution in [0.4, 0.5) is 0 Å². The average Bonchev–Trinajstić information content (AvgIpc) is 3.54. The molecule has 2 aliphatic heterocycles. The molecule has 7 heteroatoms. The highest BCUT2D eigenvalue weighted by atomic mass is 28.4. The summed E-state index contributed by atoms with van der Waals surface area (Å²) in [5.74, 6) is 0. The molecule has 0 aromatic heterocycles. The summed E-state index contributed by atoms with van der Waals surface area (Å²) < 4.78 is 32.4. The first-order chi connectivity index (χ1) is 18.0. The lowest BCUT2D eigenvalue weighted by Crippen LogP contribution is -2.57. The third-order valence-corrected chi connectivity index (χ3v) is 12.8. The van der Waals surface area contributed by atoms with Gasteiger partial charge in [-0.25, -0.2) is 0 Å². The van der Waals surface area contributed by atoms with Gasteiger partial charge in [0.1, 0.15) is 5.60 Å². The van der Waals surface area contributed by atoms with Crippen LogP contribution < -0.4 is 0 Å². The van der Waals surface area contributed by atoms with Gasteiger partial charge < -0.3 is 28.5 Å². The Bertz CT molecular complexity index is 994. The van der Waals surface area contributed by atoms with E-state index < -0.39 is 13.9 Å². The van der Waals surface area contributed by atoms with Gasteiger partial charge in [0.25, 0.3) is 0 Å². The van der Waals surface area contributed by atoms with Gasteiger partial charge in [-0.2, -0.15) is 0 Å². The molecule has 2 saturated heterocycles. The molecule has 2 aromatic carbocycles. The van der Waals surface area contributed by atoms with Crippen LogP contribution in [0.1, 0.15) is 51.7 Å². The predicted molar refractivity (Wildman–Crippen MR) is 151 cm³/mol. The van der Waals surface area contributed by atoms with Gasteiger partial charge in [-0.3, -0.25) is 0 Å². The van der Waals surface area contributed by atoms with Crippen molar-refractivity contribution in [2.45, 2.75) is 108 Å². The molecule has 0 radical (unpaired) electrons. The molecule has 210 valence electrons. The van der Waals surface area contributed by atoms with Crippen LogP contribution in [-0.4, -0.2) is 62.8 Å². The fourth-order valence-corrected chi connectivity index (χ4v) is 6.08. The lowest BCUT2D eigenvalue weighted by molar-refractivity contribution is -0.196. The zero-order valence-electron chi connectivity index (χ0n) is 23.9. The van der Waals surface area contributed by atoms with E-state index >= 15 is 0 Å². The normalized spacial score (nSPS) is 29.8. The van der Waals surface area contributed by atoms with E-state index in [4.69, 9.17) is 23.4 Å². The maximum Gasteiger partial charge on any atom is 0.192 e. The van der Waals surface area contributed by atoms with E-state index in [0.717, 1.165) is 11.1 Å². The molecule has 2 fully saturated rings. The molecule has 0 unspecified atom stereocenters. The van der Waals surface area contributed by atoms with Crippen molar-refractivity contribution in [3.63, 3.8) is 0 Å². The summed E-state index contributed by atoms with van der Waals surface area (Å²) >= 11 is 0. The SMILES string of the molecule is CC(C)(C)[Si](C)(C)O[C@H]1[C@@H](OCc2ccccc2)C[C@@H](COCc2ccccc2)O[C@@H]1C[C@@H]1O[C@@]1(C)CO. The van der Waals surface area contributed by atoms with Gasteiger partial charge >= 0.3 is 0 Å². The largest absolute Gasteiger partial charge is 0.409 e. The van der Waals surface area contributed by atoms with Crippen molar-refractivity contribution in [3.8, 4) is 0 Å². The van der Waals surface area contributed by atoms with Gasteiger partial charge in [-0.15, -0.1) is 0 Å². The zero-order valence-corrected chi connectivity index (χ0v) is 24.9. The Morgan fingerprint density at radius 3 is 2.13 bits per heavy atom. The molecule has 2 aromatic rings. The number of hydrogen-bond acceptors (Lipinski definition) is 6. The second kappa shape index (κ2) is 12.3. The fraction of sp³-hybridized carbons (Fsp3) is 0.613. The molecular weight excluding hydrogens is 496 g/mol. The van der Waals surface area contributed by atoms with Crippen molar-refractivity contribution < 1.29 is 28.5 Å². The van der Waals surface area contributed by atoms with E-state index in [2.05, 4.69) is 58.1 Å². The summed E-state index contributed by atoms with van der Waals surface area (Å²) in [6.45, 7) is 14.8. The van der Waals surface area contributed by atoms with Crippen LogP contribution in [0, 0.1) is 0 Å². The molecular formula is C31H46O6Si. The molecule has 0 bridgehead atoms. The number of benzene rings is 2. The van der Waals surface area contributed by atoms with Gasteiger partial charge in [-0.05, 0) is 36.2 Å². The molecule has 6 nitrogen and oxygen atoms in total. The highest BCUT2D eigenvalue weighted by Gasteiger charge is 2.55. The summed E-state index contributed by atoms with van der Waals surface area (Å²) in [5.41, 5.74) is 1.76. The maximum atomic E-state index is 9.83. The number of epoxide rings is 1. The lowest BCUT2D eigenvalue weighted by Gasteiger charge is -2.47. The number of hydrogen-bond donors (Lipinski definition) is 1. The summed E-state index contributed by atoms with van der Waals surface area (Å²) in [6, 6.07) is 20.5. The summed E-state index contributed by atoms with van der Waals surface area (Å²) in [7, 11) is -2.13. The Morgan fingerprint density at radius 1 is 0.974 bits per heavy atom. The van der Waals surface area contributed by atoms with Crippen LogP contribution in [0.2, 0.25) is 18.1 Å². The first-order valence-electron chi connectivity index (χ1n) is 13.9. The van der Waals surface area contributed by atoms with Gasteiger partial charge in [0, 0.05) is 12.8 Å². The number of ether oxygens (including phenoxy) is 4. The van der Waals surface area contributed by atoms with E-state index in [1.165, 1.54) is 0 Å². The van der Waals surface area contributed by atoms with Gasteiger partial charge in [0.15, 0.2) is 8.32 Å². The van der Waals surface area contributed by atoms with Crippen LogP contribution in [-0.2, 0) is 36.6 Å². The van der Waals surface area contributed by atoms with Crippen molar-refractivity contribution in [2.75, 3.05) is 13.2 Å². The maximum absolute atomic E-state index is 9.83. The standard InChI is InChI=1S/C31H46O6Si/c1-30(2,3)38(5,6)37-29-26(34-20-24-15-11-8-12-16-24)17-25(21-33-19-23-13-9-7-10-14-23)35-27(29)18-28-31(4,22-32)36-28/h7-16,25-29,32H,17-22H2,1-6H3/t25-,26-,27+,28-,29-,31-/m0/s1. The minimum absolute atomic E-state index is 0.00427. The van der Waals surface area contributed by atoms with Crippen molar-refractivity contribution in [2.24, 2.45) is 0 Å².